The molecular formula is C8H11ClN6. The molecule has 2 aromatic rings. The number of alkyl halides is 1. The molecule has 0 bridgehead atoms. The van der Waals surface area contributed by atoms with Gasteiger partial charge in [0.15, 0.2) is 5.65 Å². The molecule has 1 unspecified atom stereocenters. The first-order valence-electron chi connectivity index (χ1n) is 4.65. The van der Waals surface area contributed by atoms with Gasteiger partial charge in [-0.05, 0) is 28.5 Å². The van der Waals surface area contributed by atoms with E-state index in [0.717, 1.165) is 12.4 Å². The molecule has 0 radical (unpaired) electrons. The second-order valence-electron chi connectivity index (χ2n) is 3.39. The lowest BCUT2D eigenvalue weighted by atomic mass is 10.2. The standard InChI is InChI=1S/C8H11ClN6/c1-6(4-9)5-10-7-2-3-8-11-13-14-15(8)12-7/h2-3,6H,4-5H2,1H3,(H,10,12). The molecule has 2 aromatic heterocycles. The van der Waals surface area contributed by atoms with Gasteiger partial charge >= 0.3 is 0 Å². The summed E-state index contributed by atoms with van der Waals surface area (Å²) in [6, 6.07) is 3.65. The van der Waals surface area contributed by atoms with Gasteiger partial charge in [0.05, 0.1) is 0 Å². The predicted octanol–water partition coefficient (Wildman–Crippen LogP) is 0.806. The maximum Gasteiger partial charge on any atom is 0.200 e. The second-order valence-corrected chi connectivity index (χ2v) is 3.69. The van der Waals surface area contributed by atoms with Crippen molar-refractivity contribution in [3.05, 3.63) is 12.1 Å². The Morgan fingerprint density at radius 2 is 2.40 bits per heavy atom. The Labute approximate surface area is 91.6 Å². The molecule has 15 heavy (non-hydrogen) atoms. The molecule has 2 rings (SSSR count). The van der Waals surface area contributed by atoms with Gasteiger partial charge in [-0.2, -0.15) is 0 Å². The van der Waals surface area contributed by atoms with Crippen LogP contribution in [0.25, 0.3) is 5.65 Å². The maximum absolute atomic E-state index is 5.70. The van der Waals surface area contributed by atoms with Gasteiger partial charge < -0.3 is 5.32 Å². The third-order valence-corrected chi connectivity index (χ3v) is 2.49. The van der Waals surface area contributed by atoms with E-state index in [1.807, 2.05) is 6.07 Å². The van der Waals surface area contributed by atoms with Crippen LogP contribution in [0.15, 0.2) is 12.1 Å². The van der Waals surface area contributed by atoms with Crippen LogP contribution in [0.1, 0.15) is 6.92 Å². The lowest BCUT2D eigenvalue weighted by Crippen LogP contribution is -2.14. The Balaban J connectivity index is 2.08. The van der Waals surface area contributed by atoms with Crippen LogP contribution in [0, 0.1) is 5.92 Å². The number of rotatable bonds is 4. The van der Waals surface area contributed by atoms with E-state index >= 15 is 0 Å². The van der Waals surface area contributed by atoms with E-state index in [9.17, 15) is 0 Å². The lowest BCUT2D eigenvalue weighted by molar-refractivity contribution is 0.685. The molecule has 1 N–H and O–H groups in total. The number of halogens is 1. The number of nitrogens with zero attached hydrogens (tertiary/aromatic N) is 5. The minimum atomic E-state index is 0.401. The van der Waals surface area contributed by atoms with E-state index in [-0.39, 0.29) is 0 Å². The third-order valence-electron chi connectivity index (χ3n) is 1.96. The van der Waals surface area contributed by atoms with Crippen molar-refractivity contribution >= 4 is 23.1 Å². The van der Waals surface area contributed by atoms with Crippen molar-refractivity contribution in [3.8, 4) is 0 Å². The summed E-state index contributed by atoms with van der Waals surface area (Å²) < 4.78 is 1.38. The molecule has 0 saturated carbocycles. The molecular weight excluding hydrogens is 216 g/mol. The zero-order valence-corrected chi connectivity index (χ0v) is 9.02. The Kier molecular flexibility index (Phi) is 2.96. The molecule has 0 saturated heterocycles. The van der Waals surface area contributed by atoms with E-state index in [2.05, 4.69) is 32.9 Å². The van der Waals surface area contributed by atoms with Crippen LogP contribution < -0.4 is 5.32 Å². The fourth-order valence-corrected chi connectivity index (χ4v) is 1.19. The first kappa shape index (κ1) is 10.1. The summed E-state index contributed by atoms with van der Waals surface area (Å²) in [6.45, 7) is 2.85. The number of hydrogen-bond acceptors (Lipinski definition) is 5. The summed E-state index contributed by atoms with van der Waals surface area (Å²) in [5.41, 5.74) is 0.631. The van der Waals surface area contributed by atoms with Crippen LogP contribution in [0.5, 0.6) is 0 Å². The summed E-state index contributed by atoms with van der Waals surface area (Å²) >= 11 is 5.70. The second kappa shape index (κ2) is 4.39. The summed E-state index contributed by atoms with van der Waals surface area (Å²) in [5.74, 6) is 1.77. The molecule has 1 atom stereocenters. The van der Waals surface area contributed by atoms with Gasteiger partial charge in [0.25, 0.3) is 0 Å². The maximum atomic E-state index is 5.70. The van der Waals surface area contributed by atoms with Gasteiger partial charge in [-0.3, -0.25) is 0 Å². The molecule has 0 aliphatic carbocycles. The number of tetrazole rings is 1. The summed E-state index contributed by atoms with van der Waals surface area (Å²) in [6.07, 6.45) is 0. The average Bonchev–Trinajstić information content (AvgIpc) is 2.72. The highest BCUT2D eigenvalue weighted by molar-refractivity contribution is 6.18. The molecule has 2 heterocycles. The number of hydrogen-bond donors (Lipinski definition) is 1. The van der Waals surface area contributed by atoms with Crippen LogP contribution in [0.2, 0.25) is 0 Å². The lowest BCUT2D eigenvalue weighted by Gasteiger charge is -2.08. The Bertz CT molecular complexity index is 441. The van der Waals surface area contributed by atoms with E-state index in [4.69, 9.17) is 11.6 Å². The van der Waals surface area contributed by atoms with Crippen molar-refractivity contribution in [2.75, 3.05) is 17.7 Å². The van der Waals surface area contributed by atoms with Crippen molar-refractivity contribution in [1.82, 2.24) is 25.3 Å². The van der Waals surface area contributed by atoms with Crippen LogP contribution >= 0.6 is 11.6 Å². The zero-order valence-electron chi connectivity index (χ0n) is 8.26. The fourth-order valence-electron chi connectivity index (χ4n) is 1.08. The highest BCUT2D eigenvalue weighted by atomic mass is 35.5. The molecule has 0 fully saturated rings. The molecule has 0 amide bonds. The Morgan fingerprint density at radius 3 is 3.20 bits per heavy atom. The van der Waals surface area contributed by atoms with Crippen LogP contribution in [-0.2, 0) is 0 Å². The first-order valence-corrected chi connectivity index (χ1v) is 5.18. The molecule has 0 aromatic carbocycles. The number of nitrogens with one attached hydrogen (secondary N) is 1. The zero-order chi connectivity index (χ0) is 10.7. The SMILES string of the molecule is CC(CCl)CNc1ccc2nnnn2n1. The van der Waals surface area contributed by atoms with Crippen LogP contribution in [0.4, 0.5) is 5.82 Å². The number of anilines is 1. The van der Waals surface area contributed by atoms with E-state index in [0.29, 0.717) is 17.4 Å². The van der Waals surface area contributed by atoms with Gasteiger partial charge in [0.2, 0.25) is 0 Å². The monoisotopic (exact) mass is 226 g/mol. The van der Waals surface area contributed by atoms with Crippen LogP contribution in [0.3, 0.4) is 0 Å². The highest BCUT2D eigenvalue weighted by Gasteiger charge is 2.02. The first-order chi connectivity index (χ1) is 7.29. The van der Waals surface area contributed by atoms with Gasteiger partial charge in [0, 0.05) is 12.4 Å². The number of fused-ring (bicyclic) bond motifs is 1. The Morgan fingerprint density at radius 1 is 1.53 bits per heavy atom. The molecule has 7 heteroatoms. The van der Waals surface area contributed by atoms with Crippen molar-refractivity contribution in [1.29, 1.82) is 0 Å². The van der Waals surface area contributed by atoms with E-state index < -0.39 is 0 Å². The minimum absolute atomic E-state index is 0.401. The summed E-state index contributed by atoms with van der Waals surface area (Å²) in [4.78, 5) is 0. The van der Waals surface area contributed by atoms with Gasteiger partial charge in [-0.15, -0.1) is 26.4 Å². The average molecular weight is 227 g/mol. The van der Waals surface area contributed by atoms with Gasteiger partial charge in [0.1, 0.15) is 5.82 Å². The van der Waals surface area contributed by atoms with Crippen molar-refractivity contribution in [3.63, 3.8) is 0 Å². The van der Waals surface area contributed by atoms with Crippen LogP contribution in [-0.4, -0.2) is 37.7 Å². The predicted molar refractivity (Wildman–Crippen MR) is 57.0 cm³/mol. The van der Waals surface area contributed by atoms with E-state index in [1.54, 1.807) is 6.07 Å². The third kappa shape index (κ3) is 2.33. The quantitative estimate of drug-likeness (QED) is 0.782. The van der Waals surface area contributed by atoms with E-state index in [1.165, 1.54) is 4.63 Å². The molecule has 6 nitrogen and oxygen atoms in total. The molecule has 0 aliphatic heterocycles. The van der Waals surface area contributed by atoms with Crippen molar-refractivity contribution in [2.45, 2.75) is 6.92 Å². The molecule has 80 valence electrons. The van der Waals surface area contributed by atoms with Crippen molar-refractivity contribution in [2.24, 2.45) is 5.92 Å². The van der Waals surface area contributed by atoms with Gasteiger partial charge in [-0.1, -0.05) is 6.92 Å². The van der Waals surface area contributed by atoms with Gasteiger partial charge in [-0.25, -0.2) is 0 Å². The topological polar surface area (TPSA) is 68.0 Å². The largest absolute Gasteiger partial charge is 0.368 e. The molecule has 0 spiro atoms. The Hall–Kier alpha value is -1.43. The fraction of sp³-hybridized carbons (Fsp3) is 0.500. The normalized spacial score (nSPS) is 12.9. The smallest absolute Gasteiger partial charge is 0.200 e. The minimum Gasteiger partial charge on any atom is -0.368 e. The summed E-state index contributed by atoms with van der Waals surface area (Å²) in [7, 11) is 0. The van der Waals surface area contributed by atoms with Crippen molar-refractivity contribution < 1.29 is 0 Å². The summed E-state index contributed by atoms with van der Waals surface area (Å²) in [5, 5.41) is 18.3. The highest BCUT2D eigenvalue weighted by Crippen LogP contribution is 2.05. The molecule has 0 aliphatic rings. The number of aromatic nitrogens is 5.